The van der Waals surface area contributed by atoms with Crippen molar-refractivity contribution < 1.29 is 9.47 Å². The molecule has 0 fully saturated rings. The Kier molecular flexibility index (Phi) is 3.75. The van der Waals surface area contributed by atoms with Crippen LogP contribution in [-0.4, -0.2) is 23.0 Å². The number of nitrogens with zero attached hydrogens (tertiary/aromatic N) is 2. The first-order chi connectivity index (χ1) is 10.3. The zero-order chi connectivity index (χ0) is 14.7. The Morgan fingerprint density at radius 1 is 1.10 bits per heavy atom. The van der Waals surface area contributed by atoms with Crippen LogP contribution in [0.3, 0.4) is 0 Å². The molecule has 0 aliphatic rings. The van der Waals surface area contributed by atoms with E-state index in [-0.39, 0.29) is 0 Å². The molecule has 2 aromatic heterocycles. The molecule has 21 heavy (non-hydrogen) atoms. The number of rotatable bonds is 5. The molecule has 1 aromatic carbocycles. The van der Waals surface area contributed by atoms with Crippen LogP contribution < -0.4 is 15.2 Å². The lowest BCUT2D eigenvalue weighted by atomic mass is 10.3. The van der Waals surface area contributed by atoms with Gasteiger partial charge in [0.1, 0.15) is 5.65 Å². The van der Waals surface area contributed by atoms with E-state index in [4.69, 9.17) is 15.2 Å². The number of imidazole rings is 1. The van der Waals surface area contributed by atoms with E-state index in [1.807, 2.05) is 53.1 Å². The van der Waals surface area contributed by atoms with Gasteiger partial charge in [-0.25, -0.2) is 0 Å². The van der Waals surface area contributed by atoms with Gasteiger partial charge in [0.2, 0.25) is 5.88 Å². The average molecular weight is 283 g/mol. The molecule has 0 aliphatic heterocycles. The fourth-order valence-corrected chi connectivity index (χ4v) is 2.28. The molecule has 0 amide bonds. The van der Waals surface area contributed by atoms with Crippen LogP contribution in [0.4, 0.5) is 0 Å². The van der Waals surface area contributed by atoms with Gasteiger partial charge in [0.05, 0.1) is 12.8 Å². The summed E-state index contributed by atoms with van der Waals surface area (Å²) in [4.78, 5) is 4.53. The molecular formula is C16H17N3O2. The van der Waals surface area contributed by atoms with Crippen LogP contribution in [0.15, 0.2) is 48.7 Å². The molecule has 0 radical (unpaired) electrons. The van der Waals surface area contributed by atoms with E-state index in [0.29, 0.717) is 30.3 Å². The molecule has 3 rings (SSSR count). The fraction of sp³-hybridized carbons (Fsp3) is 0.188. The Morgan fingerprint density at radius 3 is 2.62 bits per heavy atom. The number of hydrogen-bond acceptors (Lipinski definition) is 4. The van der Waals surface area contributed by atoms with Crippen LogP contribution in [0.1, 0.15) is 5.69 Å². The summed E-state index contributed by atoms with van der Waals surface area (Å²) in [5.74, 6) is 1.88. The van der Waals surface area contributed by atoms with Crippen LogP contribution in [0.2, 0.25) is 0 Å². The zero-order valence-electron chi connectivity index (χ0n) is 11.8. The van der Waals surface area contributed by atoms with Crippen molar-refractivity contribution in [1.29, 1.82) is 0 Å². The van der Waals surface area contributed by atoms with Crippen molar-refractivity contribution in [2.75, 3.05) is 13.7 Å². The first-order valence-electron chi connectivity index (χ1n) is 6.80. The van der Waals surface area contributed by atoms with Crippen LogP contribution >= 0.6 is 0 Å². The van der Waals surface area contributed by atoms with Gasteiger partial charge >= 0.3 is 0 Å². The van der Waals surface area contributed by atoms with Gasteiger partial charge in [0, 0.05) is 12.6 Å². The quantitative estimate of drug-likeness (QED) is 0.782. The van der Waals surface area contributed by atoms with E-state index in [1.165, 1.54) is 0 Å². The number of methoxy groups -OCH3 is 1. The van der Waals surface area contributed by atoms with Gasteiger partial charge in [-0.15, -0.1) is 0 Å². The Bertz CT molecular complexity index is 752. The maximum atomic E-state index is 5.96. The monoisotopic (exact) mass is 283 g/mol. The van der Waals surface area contributed by atoms with Crippen molar-refractivity contribution in [1.82, 2.24) is 9.38 Å². The smallest absolute Gasteiger partial charge is 0.241 e. The molecular weight excluding hydrogens is 266 g/mol. The van der Waals surface area contributed by atoms with Gasteiger partial charge in [-0.3, -0.25) is 0 Å². The molecule has 0 bridgehead atoms. The summed E-state index contributed by atoms with van der Waals surface area (Å²) in [5.41, 5.74) is 7.50. The minimum absolute atomic E-state index is 0.533. The molecule has 0 unspecified atom stereocenters. The number of benzene rings is 1. The molecule has 108 valence electrons. The molecule has 0 saturated carbocycles. The lowest BCUT2D eigenvalue weighted by molar-refractivity contribution is 0.373. The number of hydrogen-bond donors (Lipinski definition) is 1. The summed E-state index contributed by atoms with van der Waals surface area (Å²) < 4.78 is 13.3. The Morgan fingerprint density at radius 2 is 1.86 bits per heavy atom. The highest BCUT2D eigenvalue weighted by atomic mass is 16.5. The summed E-state index contributed by atoms with van der Waals surface area (Å²) in [5, 5.41) is 0. The molecule has 5 heteroatoms. The number of pyridine rings is 1. The molecule has 3 aromatic rings. The second-order valence-corrected chi connectivity index (χ2v) is 4.58. The summed E-state index contributed by atoms with van der Waals surface area (Å²) in [6.07, 6.45) is 2.65. The highest BCUT2D eigenvalue weighted by Crippen LogP contribution is 2.32. The molecule has 0 saturated heterocycles. The molecule has 0 spiro atoms. The van der Waals surface area contributed by atoms with Crippen LogP contribution in [0.5, 0.6) is 17.4 Å². The van der Waals surface area contributed by atoms with E-state index < -0.39 is 0 Å². The summed E-state index contributed by atoms with van der Waals surface area (Å²) in [6, 6.07) is 13.4. The van der Waals surface area contributed by atoms with E-state index in [0.717, 1.165) is 11.3 Å². The number of nitrogens with two attached hydrogens (primary N) is 1. The van der Waals surface area contributed by atoms with E-state index >= 15 is 0 Å². The summed E-state index contributed by atoms with van der Waals surface area (Å²) >= 11 is 0. The van der Waals surface area contributed by atoms with Crippen molar-refractivity contribution in [3.63, 3.8) is 0 Å². The predicted molar refractivity (Wildman–Crippen MR) is 81.0 cm³/mol. The predicted octanol–water partition coefficient (Wildman–Crippen LogP) is 2.64. The second kappa shape index (κ2) is 5.85. The lowest BCUT2D eigenvalue weighted by Gasteiger charge is -2.09. The van der Waals surface area contributed by atoms with Gasteiger partial charge in [-0.05, 0) is 30.8 Å². The van der Waals surface area contributed by atoms with Crippen molar-refractivity contribution >= 4 is 5.65 Å². The third kappa shape index (κ3) is 2.55. The van der Waals surface area contributed by atoms with Gasteiger partial charge in [-0.1, -0.05) is 18.2 Å². The molecule has 0 aliphatic carbocycles. The van der Waals surface area contributed by atoms with Gasteiger partial charge < -0.3 is 19.6 Å². The molecule has 5 nitrogen and oxygen atoms in total. The van der Waals surface area contributed by atoms with Crippen molar-refractivity contribution in [2.24, 2.45) is 5.73 Å². The SMILES string of the molecule is COc1ccccc1Oc1nc2ccccn2c1CCN. The van der Waals surface area contributed by atoms with Crippen LogP contribution in [-0.2, 0) is 6.42 Å². The zero-order valence-corrected chi connectivity index (χ0v) is 11.8. The molecule has 0 atom stereocenters. The van der Waals surface area contributed by atoms with Crippen LogP contribution in [0.25, 0.3) is 5.65 Å². The minimum Gasteiger partial charge on any atom is -0.493 e. The van der Waals surface area contributed by atoms with Crippen LogP contribution in [0, 0.1) is 0 Å². The Labute approximate surface area is 122 Å². The highest BCUT2D eigenvalue weighted by Gasteiger charge is 2.15. The summed E-state index contributed by atoms with van der Waals surface area (Å²) in [7, 11) is 1.62. The maximum absolute atomic E-state index is 5.96. The fourth-order valence-electron chi connectivity index (χ4n) is 2.28. The maximum Gasteiger partial charge on any atom is 0.241 e. The van der Waals surface area contributed by atoms with E-state index in [2.05, 4.69) is 4.98 Å². The highest BCUT2D eigenvalue weighted by molar-refractivity contribution is 5.48. The Hall–Kier alpha value is -2.53. The van der Waals surface area contributed by atoms with Crippen molar-refractivity contribution in [3.8, 4) is 17.4 Å². The molecule has 2 N–H and O–H groups in total. The first-order valence-corrected chi connectivity index (χ1v) is 6.80. The second-order valence-electron chi connectivity index (χ2n) is 4.58. The third-order valence-corrected chi connectivity index (χ3v) is 3.25. The lowest BCUT2D eigenvalue weighted by Crippen LogP contribution is -2.06. The van der Waals surface area contributed by atoms with E-state index in [9.17, 15) is 0 Å². The Balaban J connectivity index is 2.05. The van der Waals surface area contributed by atoms with E-state index in [1.54, 1.807) is 7.11 Å². The first kappa shape index (κ1) is 13.5. The standard InChI is InChI=1S/C16H17N3O2/c1-20-13-6-2-3-7-14(13)21-16-12(9-10-17)19-11-5-4-8-15(19)18-16/h2-8,11H,9-10,17H2,1H3. The largest absolute Gasteiger partial charge is 0.493 e. The van der Waals surface area contributed by atoms with Gasteiger partial charge in [0.25, 0.3) is 0 Å². The normalized spacial score (nSPS) is 10.8. The summed E-state index contributed by atoms with van der Waals surface area (Å²) in [6.45, 7) is 0.533. The van der Waals surface area contributed by atoms with Crippen molar-refractivity contribution in [3.05, 3.63) is 54.4 Å². The number of para-hydroxylation sites is 2. The molecule has 2 heterocycles. The average Bonchev–Trinajstić information content (AvgIpc) is 2.86. The number of fused-ring (bicyclic) bond motifs is 1. The van der Waals surface area contributed by atoms with Gasteiger partial charge in [0.15, 0.2) is 11.5 Å². The third-order valence-electron chi connectivity index (χ3n) is 3.25. The van der Waals surface area contributed by atoms with Gasteiger partial charge in [-0.2, -0.15) is 4.98 Å². The number of ether oxygens (including phenoxy) is 2. The number of aromatic nitrogens is 2. The minimum atomic E-state index is 0.533. The topological polar surface area (TPSA) is 61.8 Å². The van der Waals surface area contributed by atoms with Crippen molar-refractivity contribution in [2.45, 2.75) is 6.42 Å².